The van der Waals surface area contributed by atoms with E-state index in [9.17, 15) is 14.7 Å². The lowest BCUT2D eigenvalue weighted by molar-refractivity contribution is -0.145. The van der Waals surface area contributed by atoms with Crippen LogP contribution >= 0.6 is 0 Å². The van der Waals surface area contributed by atoms with Crippen molar-refractivity contribution < 1.29 is 19.4 Å². The number of nitrogens with zero attached hydrogens (tertiary/aromatic N) is 4. The third-order valence-corrected chi connectivity index (χ3v) is 5.13. The Morgan fingerprint density at radius 1 is 1.36 bits per heavy atom. The number of amides is 1. The van der Waals surface area contributed by atoms with E-state index in [1.165, 1.54) is 0 Å². The Kier molecular flexibility index (Phi) is 4.40. The van der Waals surface area contributed by atoms with E-state index in [0.29, 0.717) is 25.6 Å². The minimum absolute atomic E-state index is 0.104. The van der Waals surface area contributed by atoms with E-state index in [4.69, 9.17) is 4.74 Å². The molecule has 1 aromatic rings. The molecule has 8 heteroatoms. The second-order valence-electron chi connectivity index (χ2n) is 7.43. The summed E-state index contributed by atoms with van der Waals surface area (Å²) in [5, 5.41) is 9.30. The highest BCUT2D eigenvalue weighted by molar-refractivity contribution is 5.91. The molecule has 0 spiro atoms. The lowest BCUT2D eigenvalue weighted by Crippen LogP contribution is -2.44. The van der Waals surface area contributed by atoms with Crippen molar-refractivity contribution in [1.82, 2.24) is 14.9 Å². The van der Waals surface area contributed by atoms with Gasteiger partial charge in [0.2, 0.25) is 11.9 Å². The third-order valence-electron chi connectivity index (χ3n) is 5.13. The number of carbonyl (C=O) groups is 2. The van der Waals surface area contributed by atoms with Crippen LogP contribution in [0, 0.1) is 17.3 Å². The van der Waals surface area contributed by atoms with Gasteiger partial charge >= 0.3 is 5.97 Å². The number of hydrogen-bond acceptors (Lipinski definition) is 6. The molecule has 2 aliphatic rings. The number of rotatable bonds is 4. The van der Waals surface area contributed by atoms with Gasteiger partial charge in [-0.05, 0) is 11.5 Å². The first-order valence-corrected chi connectivity index (χ1v) is 8.37. The average molecular weight is 348 g/mol. The summed E-state index contributed by atoms with van der Waals surface area (Å²) in [6.07, 6.45) is 1.34. The van der Waals surface area contributed by atoms with Crippen LogP contribution < -0.4 is 4.90 Å². The van der Waals surface area contributed by atoms with Gasteiger partial charge in [-0.15, -0.1) is 0 Å². The molecule has 1 aliphatic carbocycles. The topological polar surface area (TPSA) is 95.9 Å². The SMILES string of the molecule is CN(C)c1nccc(C2CN(C(=O)[C@@H]3[C@H](C(=O)O)C3(C)C)CCO2)n1. The molecule has 0 bridgehead atoms. The Labute approximate surface area is 146 Å². The number of anilines is 1. The molecule has 1 saturated heterocycles. The van der Waals surface area contributed by atoms with E-state index < -0.39 is 23.2 Å². The van der Waals surface area contributed by atoms with Gasteiger partial charge in [-0.1, -0.05) is 13.8 Å². The van der Waals surface area contributed by atoms with Gasteiger partial charge in [0, 0.05) is 26.8 Å². The zero-order chi connectivity index (χ0) is 18.4. The maximum Gasteiger partial charge on any atom is 0.307 e. The van der Waals surface area contributed by atoms with E-state index in [-0.39, 0.29) is 12.0 Å². The summed E-state index contributed by atoms with van der Waals surface area (Å²) in [6.45, 7) is 4.92. The van der Waals surface area contributed by atoms with Gasteiger partial charge in [-0.3, -0.25) is 9.59 Å². The Balaban J connectivity index is 1.73. The van der Waals surface area contributed by atoms with E-state index in [2.05, 4.69) is 9.97 Å². The molecule has 1 N–H and O–H groups in total. The van der Waals surface area contributed by atoms with Gasteiger partial charge < -0.3 is 19.6 Å². The summed E-state index contributed by atoms with van der Waals surface area (Å²) in [6, 6.07) is 1.78. The molecule has 2 fully saturated rings. The predicted octanol–water partition coefficient (Wildman–Crippen LogP) is 0.799. The van der Waals surface area contributed by atoms with Gasteiger partial charge in [0.1, 0.15) is 6.10 Å². The van der Waals surface area contributed by atoms with Gasteiger partial charge in [-0.25, -0.2) is 9.97 Å². The predicted molar refractivity (Wildman–Crippen MR) is 90.0 cm³/mol. The molecular weight excluding hydrogens is 324 g/mol. The minimum atomic E-state index is -0.903. The Bertz CT molecular complexity index is 691. The molecule has 1 aromatic heterocycles. The van der Waals surface area contributed by atoms with Crippen molar-refractivity contribution in [3.05, 3.63) is 18.0 Å². The van der Waals surface area contributed by atoms with Crippen LogP contribution in [0.2, 0.25) is 0 Å². The zero-order valence-corrected chi connectivity index (χ0v) is 15.0. The van der Waals surface area contributed by atoms with E-state index >= 15 is 0 Å². The monoisotopic (exact) mass is 348 g/mol. The maximum atomic E-state index is 12.8. The van der Waals surface area contributed by atoms with Crippen LogP contribution in [0.3, 0.4) is 0 Å². The van der Waals surface area contributed by atoms with Crippen LogP contribution in [0.15, 0.2) is 12.3 Å². The van der Waals surface area contributed by atoms with Gasteiger partial charge in [-0.2, -0.15) is 0 Å². The van der Waals surface area contributed by atoms with Gasteiger partial charge in [0.15, 0.2) is 0 Å². The first-order chi connectivity index (χ1) is 11.7. The molecule has 0 radical (unpaired) electrons. The molecule has 8 nitrogen and oxygen atoms in total. The van der Waals surface area contributed by atoms with Crippen LogP contribution in [0.5, 0.6) is 0 Å². The fourth-order valence-corrected chi connectivity index (χ4v) is 3.54. The van der Waals surface area contributed by atoms with Crippen LogP contribution in [-0.2, 0) is 14.3 Å². The van der Waals surface area contributed by atoms with E-state index in [0.717, 1.165) is 5.69 Å². The number of carbonyl (C=O) groups excluding carboxylic acids is 1. The van der Waals surface area contributed by atoms with Crippen molar-refractivity contribution in [3.8, 4) is 0 Å². The summed E-state index contributed by atoms with van der Waals surface area (Å²) in [7, 11) is 3.72. The van der Waals surface area contributed by atoms with E-state index in [1.54, 1.807) is 22.1 Å². The number of hydrogen-bond donors (Lipinski definition) is 1. The number of carboxylic acid groups (broad SMARTS) is 1. The lowest BCUT2D eigenvalue weighted by Gasteiger charge is -2.33. The van der Waals surface area contributed by atoms with Crippen molar-refractivity contribution in [2.75, 3.05) is 38.7 Å². The molecule has 1 saturated carbocycles. The molecule has 2 heterocycles. The first kappa shape index (κ1) is 17.6. The standard InChI is InChI=1S/C17H24N4O4/c1-17(2)12(13(17)15(23)24)14(22)21-7-8-25-11(9-21)10-5-6-18-16(19-10)20(3)4/h5-6,11-13H,7-9H2,1-4H3,(H,23,24)/t11?,12-,13+/m0/s1. The summed E-state index contributed by atoms with van der Waals surface area (Å²) >= 11 is 0. The van der Waals surface area contributed by atoms with E-state index in [1.807, 2.05) is 27.9 Å². The van der Waals surface area contributed by atoms with Crippen molar-refractivity contribution in [3.63, 3.8) is 0 Å². The number of carboxylic acids is 1. The quantitative estimate of drug-likeness (QED) is 0.860. The normalized spacial score (nSPS) is 27.7. The Hall–Kier alpha value is -2.22. The average Bonchev–Trinajstić information content (AvgIpc) is 3.17. The second kappa shape index (κ2) is 6.25. The Morgan fingerprint density at radius 2 is 2.08 bits per heavy atom. The molecule has 1 unspecified atom stereocenters. The number of ether oxygens (including phenoxy) is 1. The highest BCUT2D eigenvalue weighted by atomic mass is 16.5. The number of aromatic nitrogens is 2. The summed E-state index contributed by atoms with van der Waals surface area (Å²) < 4.78 is 5.79. The maximum absolute atomic E-state index is 12.8. The van der Waals surface area contributed by atoms with Crippen LogP contribution in [0.4, 0.5) is 5.95 Å². The van der Waals surface area contributed by atoms with Gasteiger partial charge in [0.05, 0.1) is 30.7 Å². The fourth-order valence-electron chi connectivity index (χ4n) is 3.54. The van der Waals surface area contributed by atoms with Crippen molar-refractivity contribution >= 4 is 17.8 Å². The van der Waals surface area contributed by atoms with Crippen LogP contribution in [-0.4, -0.2) is 65.6 Å². The highest BCUT2D eigenvalue weighted by Crippen LogP contribution is 2.59. The third kappa shape index (κ3) is 3.18. The molecule has 1 amide bonds. The van der Waals surface area contributed by atoms with Crippen LogP contribution in [0.1, 0.15) is 25.6 Å². The minimum Gasteiger partial charge on any atom is -0.481 e. The number of aliphatic carboxylic acids is 1. The molecule has 3 rings (SSSR count). The fraction of sp³-hybridized carbons (Fsp3) is 0.647. The second-order valence-corrected chi connectivity index (χ2v) is 7.43. The molecule has 3 atom stereocenters. The molecule has 1 aliphatic heterocycles. The summed E-state index contributed by atoms with van der Waals surface area (Å²) in [5.74, 6) is -1.50. The van der Waals surface area contributed by atoms with Crippen molar-refractivity contribution in [2.45, 2.75) is 20.0 Å². The summed E-state index contributed by atoms with van der Waals surface area (Å²) in [5.41, 5.74) is 0.227. The smallest absolute Gasteiger partial charge is 0.307 e. The van der Waals surface area contributed by atoms with Crippen LogP contribution in [0.25, 0.3) is 0 Å². The lowest BCUT2D eigenvalue weighted by atomic mass is 10.1. The van der Waals surface area contributed by atoms with Gasteiger partial charge in [0.25, 0.3) is 0 Å². The zero-order valence-electron chi connectivity index (χ0n) is 15.0. The molecular formula is C17H24N4O4. The molecule has 25 heavy (non-hydrogen) atoms. The first-order valence-electron chi connectivity index (χ1n) is 8.37. The Morgan fingerprint density at radius 3 is 2.68 bits per heavy atom. The number of morpholine rings is 1. The van der Waals surface area contributed by atoms with Crippen molar-refractivity contribution in [1.29, 1.82) is 0 Å². The molecule has 0 aromatic carbocycles. The molecule has 136 valence electrons. The highest BCUT2D eigenvalue weighted by Gasteiger charge is 2.66. The van der Waals surface area contributed by atoms with Crippen molar-refractivity contribution in [2.24, 2.45) is 17.3 Å². The largest absolute Gasteiger partial charge is 0.481 e. The summed E-state index contributed by atoms with van der Waals surface area (Å²) in [4.78, 5) is 36.3.